The summed E-state index contributed by atoms with van der Waals surface area (Å²) in [6.07, 6.45) is 8.50. The van der Waals surface area contributed by atoms with Crippen molar-refractivity contribution in [1.29, 1.82) is 0 Å². The maximum absolute atomic E-state index is 5.94. The highest BCUT2D eigenvalue weighted by Gasteiger charge is 2.15. The molecule has 0 spiro atoms. The first-order valence-corrected chi connectivity index (χ1v) is 8.76. The molecule has 0 aliphatic heterocycles. The summed E-state index contributed by atoms with van der Waals surface area (Å²) in [5, 5.41) is 7.64. The van der Waals surface area contributed by atoms with E-state index in [1.165, 1.54) is 32.1 Å². The van der Waals surface area contributed by atoms with E-state index in [1.807, 2.05) is 7.05 Å². The number of guanidine groups is 1. The van der Waals surface area contributed by atoms with E-state index in [4.69, 9.17) is 10.5 Å². The predicted octanol–water partition coefficient (Wildman–Crippen LogP) is 2.76. The molecule has 1 heterocycles. The van der Waals surface area contributed by atoms with E-state index in [0.717, 1.165) is 36.5 Å². The van der Waals surface area contributed by atoms with Gasteiger partial charge in [-0.25, -0.2) is 9.67 Å². The van der Waals surface area contributed by atoms with Gasteiger partial charge in [0.25, 0.3) is 0 Å². The molecule has 1 aromatic rings. The van der Waals surface area contributed by atoms with Crippen LogP contribution in [-0.4, -0.2) is 29.4 Å². The Hall–Kier alpha value is -1.72. The Morgan fingerprint density at radius 2 is 1.91 bits per heavy atom. The smallest absolute Gasteiger partial charge is 0.216 e. The van der Waals surface area contributed by atoms with Gasteiger partial charge in [0.15, 0.2) is 5.96 Å². The molecule has 0 amide bonds. The Morgan fingerprint density at radius 1 is 1.22 bits per heavy atom. The number of unbranched alkanes of at least 4 members (excludes halogenated alkanes) is 5. The third kappa shape index (κ3) is 6.50. The van der Waals surface area contributed by atoms with Crippen LogP contribution < -0.4 is 15.8 Å². The van der Waals surface area contributed by atoms with Crippen molar-refractivity contribution in [2.24, 2.45) is 17.8 Å². The number of hydrogen-bond acceptors (Lipinski definition) is 3. The van der Waals surface area contributed by atoms with Gasteiger partial charge in [-0.1, -0.05) is 46.0 Å². The zero-order valence-corrected chi connectivity index (χ0v) is 15.2. The van der Waals surface area contributed by atoms with E-state index in [2.05, 4.69) is 29.3 Å². The number of nitrogens with two attached hydrogens (primary N) is 1. The number of ether oxygens (including phenoxy) is 1. The van der Waals surface area contributed by atoms with Crippen molar-refractivity contribution in [2.45, 2.75) is 65.3 Å². The number of aliphatic imine (C=N–C) groups is 1. The van der Waals surface area contributed by atoms with Crippen LogP contribution in [-0.2, 0) is 20.0 Å². The fourth-order valence-corrected chi connectivity index (χ4v) is 2.65. The monoisotopic (exact) mass is 323 g/mol. The van der Waals surface area contributed by atoms with Gasteiger partial charge in [-0.15, -0.1) is 0 Å². The van der Waals surface area contributed by atoms with Gasteiger partial charge in [-0.05, 0) is 12.8 Å². The molecule has 132 valence electrons. The van der Waals surface area contributed by atoms with E-state index < -0.39 is 0 Å². The van der Waals surface area contributed by atoms with Crippen LogP contribution in [0.4, 0.5) is 0 Å². The zero-order chi connectivity index (χ0) is 17.1. The first-order chi connectivity index (χ1) is 11.1. The summed E-state index contributed by atoms with van der Waals surface area (Å²) < 4.78 is 7.16. The average Bonchev–Trinajstić information content (AvgIpc) is 2.86. The van der Waals surface area contributed by atoms with Crippen LogP contribution in [0.2, 0.25) is 0 Å². The number of aryl methyl sites for hydroxylation is 2. The lowest BCUT2D eigenvalue weighted by Gasteiger charge is -2.07. The van der Waals surface area contributed by atoms with Crippen molar-refractivity contribution < 1.29 is 4.74 Å². The molecule has 0 aliphatic carbocycles. The number of hydrogen-bond donors (Lipinski definition) is 2. The maximum Gasteiger partial charge on any atom is 0.216 e. The maximum atomic E-state index is 5.94. The minimum atomic E-state index is 0.492. The summed E-state index contributed by atoms with van der Waals surface area (Å²) in [6.45, 7) is 5.69. The number of methoxy groups -OCH3 is 1. The lowest BCUT2D eigenvalue weighted by Crippen LogP contribution is -2.32. The standard InChI is InChI=1S/C17H33N5O/c1-5-7-8-9-10-11-12-19-17(18)20-13-14-15(6-2)21-22(3)16(14)23-4/h5-13H2,1-4H3,(H3,18,19,20). The van der Waals surface area contributed by atoms with Crippen LogP contribution in [0.5, 0.6) is 5.88 Å². The fourth-order valence-electron chi connectivity index (χ4n) is 2.65. The minimum absolute atomic E-state index is 0.492. The summed E-state index contributed by atoms with van der Waals surface area (Å²) in [7, 11) is 3.54. The molecule has 0 fully saturated rings. The third-order valence-corrected chi connectivity index (χ3v) is 3.94. The first-order valence-electron chi connectivity index (χ1n) is 8.76. The number of nitrogens with one attached hydrogen (secondary N) is 1. The third-order valence-electron chi connectivity index (χ3n) is 3.94. The Balaban J connectivity index is 2.39. The molecule has 23 heavy (non-hydrogen) atoms. The van der Waals surface area contributed by atoms with E-state index >= 15 is 0 Å². The molecule has 0 atom stereocenters. The molecule has 0 aromatic carbocycles. The molecule has 6 heteroatoms. The van der Waals surface area contributed by atoms with E-state index in [0.29, 0.717) is 12.5 Å². The van der Waals surface area contributed by atoms with Crippen LogP contribution in [0.1, 0.15) is 63.6 Å². The second-order valence-electron chi connectivity index (χ2n) is 5.81. The Kier molecular flexibility index (Phi) is 9.17. The Bertz CT molecular complexity index is 482. The molecule has 0 radical (unpaired) electrons. The lowest BCUT2D eigenvalue weighted by molar-refractivity contribution is 0.369. The summed E-state index contributed by atoms with van der Waals surface area (Å²) in [5.74, 6) is 1.25. The summed E-state index contributed by atoms with van der Waals surface area (Å²) >= 11 is 0. The number of rotatable bonds is 11. The molecular formula is C17H33N5O. The van der Waals surface area contributed by atoms with Gasteiger partial charge < -0.3 is 15.8 Å². The number of nitrogens with zero attached hydrogens (tertiary/aromatic N) is 3. The second kappa shape index (κ2) is 10.9. The zero-order valence-electron chi connectivity index (χ0n) is 15.2. The molecule has 0 bridgehead atoms. The molecule has 0 aliphatic rings. The normalized spacial score (nSPS) is 11.7. The highest BCUT2D eigenvalue weighted by molar-refractivity contribution is 5.77. The quantitative estimate of drug-likeness (QED) is 0.373. The minimum Gasteiger partial charge on any atom is -0.481 e. The summed E-state index contributed by atoms with van der Waals surface area (Å²) in [4.78, 5) is 4.42. The molecular weight excluding hydrogens is 290 g/mol. The fraction of sp³-hybridized carbons (Fsp3) is 0.765. The van der Waals surface area contributed by atoms with Crippen molar-refractivity contribution in [3.8, 4) is 5.88 Å². The van der Waals surface area contributed by atoms with E-state index in [9.17, 15) is 0 Å². The van der Waals surface area contributed by atoms with Gasteiger partial charge in [0.2, 0.25) is 5.88 Å². The highest BCUT2D eigenvalue weighted by atomic mass is 16.5. The molecule has 1 rings (SSSR count). The molecule has 0 unspecified atom stereocenters. The van der Waals surface area contributed by atoms with Crippen LogP contribution in [0.15, 0.2) is 4.99 Å². The molecule has 3 N–H and O–H groups in total. The van der Waals surface area contributed by atoms with Crippen molar-refractivity contribution in [1.82, 2.24) is 15.1 Å². The van der Waals surface area contributed by atoms with Crippen LogP contribution in [0, 0.1) is 0 Å². The predicted molar refractivity (Wildman–Crippen MR) is 95.8 cm³/mol. The van der Waals surface area contributed by atoms with E-state index in [-0.39, 0.29) is 0 Å². The van der Waals surface area contributed by atoms with Crippen LogP contribution in [0.3, 0.4) is 0 Å². The van der Waals surface area contributed by atoms with E-state index in [1.54, 1.807) is 11.8 Å². The van der Waals surface area contributed by atoms with Crippen molar-refractivity contribution in [3.63, 3.8) is 0 Å². The lowest BCUT2D eigenvalue weighted by atomic mass is 10.1. The van der Waals surface area contributed by atoms with Crippen molar-refractivity contribution in [2.75, 3.05) is 13.7 Å². The summed E-state index contributed by atoms with van der Waals surface area (Å²) in [6, 6.07) is 0. The second-order valence-corrected chi connectivity index (χ2v) is 5.81. The SMILES string of the molecule is CCCCCCCCNC(N)=NCc1c(CC)nn(C)c1OC. The van der Waals surface area contributed by atoms with Gasteiger partial charge in [0, 0.05) is 13.6 Å². The first kappa shape index (κ1) is 19.3. The highest BCUT2D eigenvalue weighted by Crippen LogP contribution is 2.22. The van der Waals surface area contributed by atoms with Gasteiger partial charge in [0.1, 0.15) is 0 Å². The molecule has 0 saturated carbocycles. The van der Waals surface area contributed by atoms with Gasteiger partial charge in [-0.2, -0.15) is 5.10 Å². The summed E-state index contributed by atoms with van der Waals surface area (Å²) in [5.41, 5.74) is 7.97. The molecule has 1 aromatic heterocycles. The largest absolute Gasteiger partial charge is 0.481 e. The average molecular weight is 323 g/mol. The molecule has 0 saturated heterocycles. The van der Waals surface area contributed by atoms with Crippen molar-refractivity contribution >= 4 is 5.96 Å². The Morgan fingerprint density at radius 3 is 2.57 bits per heavy atom. The van der Waals surface area contributed by atoms with Crippen molar-refractivity contribution in [3.05, 3.63) is 11.3 Å². The van der Waals surface area contributed by atoms with Gasteiger partial charge in [0.05, 0.1) is 24.9 Å². The number of aromatic nitrogens is 2. The Labute approximate surface area is 140 Å². The van der Waals surface area contributed by atoms with Crippen LogP contribution >= 0.6 is 0 Å². The topological polar surface area (TPSA) is 77.5 Å². The van der Waals surface area contributed by atoms with Gasteiger partial charge >= 0.3 is 0 Å². The molecule has 6 nitrogen and oxygen atoms in total. The van der Waals surface area contributed by atoms with Crippen LogP contribution in [0.25, 0.3) is 0 Å². The van der Waals surface area contributed by atoms with Gasteiger partial charge in [-0.3, -0.25) is 0 Å².